The smallest absolute Gasteiger partial charge is 0.225 e. The van der Waals surface area contributed by atoms with Crippen LogP contribution in [0.2, 0.25) is 0 Å². The Labute approximate surface area is 144 Å². The number of para-hydroxylation sites is 1. The van der Waals surface area contributed by atoms with Crippen LogP contribution in [-0.2, 0) is 4.79 Å². The normalized spacial score (nSPS) is 20.2. The van der Waals surface area contributed by atoms with Gasteiger partial charge in [0.15, 0.2) is 5.13 Å². The number of carbonyl (C=O) groups is 1. The molecule has 4 rings (SSSR count). The summed E-state index contributed by atoms with van der Waals surface area (Å²) in [4.78, 5) is 21.8. The summed E-state index contributed by atoms with van der Waals surface area (Å²) >= 11 is 3.71. The molecule has 2 aliphatic heterocycles. The summed E-state index contributed by atoms with van der Waals surface area (Å²) in [6.45, 7) is 3.75. The van der Waals surface area contributed by atoms with Gasteiger partial charge in [0.1, 0.15) is 0 Å². The number of hydrogen-bond acceptors (Lipinski definition) is 5. The number of aromatic nitrogens is 1. The van der Waals surface area contributed by atoms with Crippen LogP contribution in [0, 0.1) is 5.92 Å². The zero-order valence-electron chi connectivity index (χ0n) is 13.1. The lowest BCUT2D eigenvalue weighted by Crippen LogP contribution is -2.45. The van der Waals surface area contributed by atoms with E-state index in [9.17, 15) is 4.79 Å². The molecular weight excluding hydrogens is 326 g/mol. The van der Waals surface area contributed by atoms with Gasteiger partial charge in [0, 0.05) is 43.6 Å². The van der Waals surface area contributed by atoms with Gasteiger partial charge in [-0.1, -0.05) is 23.5 Å². The second kappa shape index (κ2) is 6.69. The Morgan fingerprint density at radius 3 is 2.57 bits per heavy atom. The first kappa shape index (κ1) is 15.3. The maximum atomic E-state index is 12.6. The Hall–Kier alpha value is -1.27. The summed E-state index contributed by atoms with van der Waals surface area (Å²) in [6, 6.07) is 8.29. The molecule has 0 spiro atoms. The zero-order chi connectivity index (χ0) is 15.6. The summed E-state index contributed by atoms with van der Waals surface area (Å²) in [6.07, 6.45) is 1.91. The molecule has 6 heteroatoms. The first-order chi connectivity index (χ1) is 11.3. The molecule has 4 nitrogen and oxygen atoms in total. The molecule has 2 aromatic rings. The number of rotatable bonds is 2. The molecule has 3 heterocycles. The number of carbonyl (C=O) groups excluding carboxylic acids is 1. The van der Waals surface area contributed by atoms with Crippen LogP contribution < -0.4 is 4.90 Å². The third-order valence-corrected chi connectivity index (χ3v) is 6.76. The number of thiazole rings is 1. The van der Waals surface area contributed by atoms with Crippen molar-refractivity contribution in [2.24, 2.45) is 5.92 Å². The number of benzene rings is 1. The van der Waals surface area contributed by atoms with E-state index in [1.54, 1.807) is 11.3 Å². The first-order valence-electron chi connectivity index (χ1n) is 8.28. The van der Waals surface area contributed by atoms with E-state index in [-0.39, 0.29) is 5.92 Å². The summed E-state index contributed by atoms with van der Waals surface area (Å²) in [5.74, 6) is 2.78. The summed E-state index contributed by atoms with van der Waals surface area (Å²) in [5, 5.41) is 1.10. The molecule has 0 atom stereocenters. The van der Waals surface area contributed by atoms with Crippen LogP contribution in [0.4, 0.5) is 5.13 Å². The van der Waals surface area contributed by atoms with Crippen LogP contribution in [0.3, 0.4) is 0 Å². The predicted octanol–water partition coefficient (Wildman–Crippen LogP) is 3.09. The Bertz CT molecular complexity index is 655. The number of fused-ring (bicyclic) bond motifs is 1. The van der Waals surface area contributed by atoms with Crippen molar-refractivity contribution >= 4 is 44.4 Å². The number of piperidine rings is 1. The highest BCUT2D eigenvalue weighted by molar-refractivity contribution is 7.99. The first-order valence-corrected chi connectivity index (χ1v) is 10.3. The summed E-state index contributed by atoms with van der Waals surface area (Å²) < 4.78 is 1.24. The molecule has 23 heavy (non-hydrogen) atoms. The largest absolute Gasteiger partial charge is 0.348 e. The lowest BCUT2D eigenvalue weighted by Gasteiger charge is -2.35. The van der Waals surface area contributed by atoms with Gasteiger partial charge in [0.2, 0.25) is 5.91 Å². The molecule has 1 amide bonds. The lowest BCUT2D eigenvalue weighted by molar-refractivity contribution is -0.135. The van der Waals surface area contributed by atoms with E-state index >= 15 is 0 Å². The van der Waals surface area contributed by atoms with Crippen LogP contribution in [0.5, 0.6) is 0 Å². The van der Waals surface area contributed by atoms with Gasteiger partial charge in [0.25, 0.3) is 0 Å². The van der Waals surface area contributed by atoms with Gasteiger partial charge in [0.05, 0.1) is 10.2 Å². The monoisotopic (exact) mass is 347 g/mol. The predicted molar refractivity (Wildman–Crippen MR) is 98.5 cm³/mol. The van der Waals surface area contributed by atoms with Crippen molar-refractivity contribution in [1.82, 2.24) is 9.88 Å². The average molecular weight is 348 g/mol. The van der Waals surface area contributed by atoms with E-state index in [1.165, 1.54) is 4.70 Å². The molecule has 0 saturated carbocycles. The molecule has 2 fully saturated rings. The van der Waals surface area contributed by atoms with Crippen molar-refractivity contribution in [3.8, 4) is 0 Å². The Morgan fingerprint density at radius 2 is 1.83 bits per heavy atom. The minimum atomic E-state index is 0.212. The molecule has 0 radical (unpaired) electrons. The van der Waals surface area contributed by atoms with E-state index in [2.05, 4.69) is 28.0 Å². The van der Waals surface area contributed by atoms with Crippen molar-refractivity contribution in [3.63, 3.8) is 0 Å². The SMILES string of the molecule is O=C(C1CCN(c2nc3ccccc3s2)CC1)N1CCSCC1. The molecular formula is C17H21N3OS2. The quantitative estimate of drug-likeness (QED) is 0.836. The highest BCUT2D eigenvalue weighted by Gasteiger charge is 2.30. The fourth-order valence-corrected chi connectivity index (χ4v) is 5.28. The lowest BCUT2D eigenvalue weighted by atomic mass is 9.95. The zero-order valence-corrected chi connectivity index (χ0v) is 14.7. The topological polar surface area (TPSA) is 36.4 Å². The third kappa shape index (κ3) is 3.19. The van der Waals surface area contributed by atoms with Gasteiger partial charge < -0.3 is 9.80 Å². The standard InChI is InChI=1S/C17H21N3OS2/c21-16(19-9-11-22-12-10-19)13-5-7-20(8-6-13)17-18-14-3-1-2-4-15(14)23-17/h1-4,13H,5-12H2. The van der Waals surface area contributed by atoms with Gasteiger partial charge in [-0.3, -0.25) is 4.79 Å². The number of anilines is 1. The van der Waals surface area contributed by atoms with Crippen LogP contribution in [-0.4, -0.2) is 53.5 Å². The van der Waals surface area contributed by atoms with Crippen molar-refractivity contribution in [2.45, 2.75) is 12.8 Å². The number of thioether (sulfide) groups is 1. The minimum absolute atomic E-state index is 0.212. The van der Waals surface area contributed by atoms with Gasteiger partial charge in [-0.25, -0.2) is 4.98 Å². The van der Waals surface area contributed by atoms with E-state index in [4.69, 9.17) is 4.98 Å². The second-order valence-electron chi connectivity index (χ2n) is 6.16. The molecule has 0 bridgehead atoms. The van der Waals surface area contributed by atoms with Crippen LogP contribution >= 0.6 is 23.1 Å². The number of hydrogen-bond donors (Lipinski definition) is 0. The molecule has 122 valence electrons. The van der Waals surface area contributed by atoms with Crippen molar-refractivity contribution in [1.29, 1.82) is 0 Å². The molecule has 0 aliphatic carbocycles. The fraction of sp³-hybridized carbons (Fsp3) is 0.529. The van der Waals surface area contributed by atoms with E-state index in [0.29, 0.717) is 5.91 Å². The Morgan fingerprint density at radius 1 is 1.09 bits per heavy atom. The van der Waals surface area contributed by atoms with Crippen molar-refractivity contribution in [3.05, 3.63) is 24.3 Å². The fourth-order valence-electron chi connectivity index (χ4n) is 3.35. The second-order valence-corrected chi connectivity index (χ2v) is 8.40. The van der Waals surface area contributed by atoms with Crippen LogP contribution in [0.1, 0.15) is 12.8 Å². The van der Waals surface area contributed by atoms with Gasteiger partial charge >= 0.3 is 0 Å². The average Bonchev–Trinajstić information content (AvgIpc) is 3.06. The molecule has 0 unspecified atom stereocenters. The molecule has 1 aromatic heterocycles. The number of nitrogens with zero attached hydrogens (tertiary/aromatic N) is 3. The molecule has 2 saturated heterocycles. The van der Waals surface area contributed by atoms with E-state index in [1.807, 2.05) is 17.8 Å². The highest BCUT2D eigenvalue weighted by atomic mass is 32.2. The molecule has 1 aromatic carbocycles. The summed E-state index contributed by atoms with van der Waals surface area (Å²) in [5.41, 5.74) is 1.08. The highest BCUT2D eigenvalue weighted by Crippen LogP contribution is 2.31. The maximum absolute atomic E-state index is 12.6. The minimum Gasteiger partial charge on any atom is -0.348 e. The molecule has 2 aliphatic rings. The maximum Gasteiger partial charge on any atom is 0.225 e. The van der Waals surface area contributed by atoms with Gasteiger partial charge in [-0.2, -0.15) is 11.8 Å². The molecule has 0 N–H and O–H groups in total. The van der Waals surface area contributed by atoms with Crippen molar-refractivity contribution in [2.75, 3.05) is 42.6 Å². The van der Waals surface area contributed by atoms with Crippen molar-refractivity contribution < 1.29 is 4.79 Å². The Balaban J connectivity index is 1.39. The van der Waals surface area contributed by atoms with Gasteiger partial charge in [-0.05, 0) is 25.0 Å². The third-order valence-electron chi connectivity index (χ3n) is 4.72. The van der Waals surface area contributed by atoms with Crippen LogP contribution in [0.25, 0.3) is 10.2 Å². The summed E-state index contributed by atoms with van der Waals surface area (Å²) in [7, 11) is 0. The number of amides is 1. The van der Waals surface area contributed by atoms with E-state index in [0.717, 1.165) is 61.2 Å². The van der Waals surface area contributed by atoms with E-state index < -0.39 is 0 Å². The van der Waals surface area contributed by atoms with Gasteiger partial charge in [-0.15, -0.1) is 0 Å². The Kier molecular flexibility index (Phi) is 4.44. The van der Waals surface area contributed by atoms with Crippen LogP contribution in [0.15, 0.2) is 24.3 Å².